The molecule has 2 aliphatic heterocycles. The van der Waals surface area contributed by atoms with E-state index in [1.165, 1.54) is 29.2 Å². The molecule has 5 rings (SSSR count). The van der Waals surface area contributed by atoms with E-state index in [1.807, 2.05) is 6.92 Å². The van der Waals surface area contributed by atoms with Gasteiger partial charge in [0.2, 0.25) is 5.88 Å². The Kier molecular flexibility index (Phi) is 6.82. The number of aromatic nitrogens is 3. The van der Waals surface area contributed by atoms with E-state index in [1.54, 1.807) is 6.92 Å². The molecule has 1 amide bonds. The van der Waals surface area contributed by atoms with Gasteiger partial charge in [-0.1, -0.05) is 0 Å². The lowest BCUT2D eigenvalue weighted by molar-refractivity contribution is -0.139. The number of fused-ring (bicyclic) bond motifs is 3. The van der Waals surface area contributed by atoms with Crippen molar-refractivity contribution < 1.29 is 36.6 Å². The number of halogens is 4. The second-order valence-electron chi connectivity index (χ2n) is 9.32. The molecule has 38 heavy (non-hydrogen) atoms. The minimum Gasteiger partial charge on any atom is -0.476 e. The number of nitrogens with zero attached hydrogens (tertiary/aromatic N) is 4. The fraction of sp³-hybridized carbons (Fsp3) is 0.440. The standard InChI is InChI=1S/C25H25F4N5O4/c1-12-9-36-11-20(18-3-4-21(33-32-18)37-6-5-25(27,28)29)34(12)24(35)15-7-14-16-10-38-13(2)22(16)23(30)31-19(14)8-17(15)26/h3-4,7-8,12-13,20H,5-6,9-11H2,1-2H3,(H2,30,31)/t12-,13-,20-/m1/s1. The fourth-order valence-electron chi connectivity index (χ4n) is 4.83. The molecule has 3 aromatic rings. The molecule has 0 spiro atoms. The van der Waals surface area contributed by atoms with Gasteiger partial charge >= 0.3 is 6.18 Å². The average Bonchev–Trinajstić information content (AvgIpc) is 3.25. The van der Waals surface area contributed by atoms with Crippen molar-refractivity contribution >= 4 is 22.6 Å². The molecule has 0 radical (unpaired) electrons. The summed E-state index contributed by atoms with van der Waals surface area (Å²) >= 11 is 0. The number of nitrogen functional groups attached to an aromatic ring is 1. The van der Waals surface area contributed by atoms with Crippen molar-refractivity contribution in [2.75, 3.05) is 25.6 Å². The molecule has 0 saturated carbocycles. The van der Waals surface area contributed by atoms with Gasteiger partial charge in [-0.15, -0.1) is 10.2 Å². The summed E-state index contributed by atoms with van der Waals surface area (Å²) in [5.41, 5.74) is 8.08. The molecule has 13 heteroatoms. The molecule has 2 aliphatic rings. The number of morpholine rings is 1. The molecule has 4 heterocycles. The quantitative estimate of drug-likeness (QED) is 0.482. The van der Waals surface area contributed by atoms with Crippen molar-refractivity contribution in [3.05, 3.63) is 52.5 Å². The maximum atomic E-state index is 15.3. The number of hydrogen-bond donors (Lipinski definition) is 1. The molecular weight excluding hydrogens is 510 g/mol. The van der Waals surface area contributed by atoms with Crippen LogP contribution in [0.25, 0.3) is 10.9 Å². The first-order valence-electron chi connectivity index (χ1n) is 12.0. The Bertz CT molecular complexity index is 1370. The van der Waals surface area contributed by atoms with Crippen molar-refractivity contribution in [1.82, 2.24) is 20.1 Å². The summed E-state index contributed by atoms with van der Waals surface area (Å²) < 4.78 is 68.7. The number of amides is 1. The van der Waals surface area contributed by atoms with Crippen LogP contribution in [0.1, 0.15) is 59.6 Å². The zero-order valence-corrected chi connectivity index (χ0v) is 20.6. The molecule has 0 unspecified atom stereocenters. The van der Waals surface area contributed by atoms with Crippen LogP contribution in [0, 0.1) is 5.82 Å². The average molecular weight is 535 g/mol. The first-order valence-corrected chi connectivity index (χ1v) is 12.0. The smallest absolute Gasteiger partial charge is 0.392 e. The van der Waals surface area contributed by atoms with Gasteiger partial charge in [-0.05, 0) is 31.5 Å². The number of anilines is 1. The Morgan fingerprint density at radius 1 is 1.21 bits per heavy atom. The molecule has 0 bridgehead atoms. The van der Waals surface area contributed by atoms with Crippen LogP contribution in [0.3, 0.4) is 0 Å². The summed E-state index contributed by atoms with van der Waals surface area (Å²) in [4.78, 5) is 19.6. The third-order valence-corrected chi connectivity index (χ3v) is 6.68. The number of alkyl halides is 3. The van der Waals surface area contributed by atoms with E-state index < -0.39 is 43.0 Å². The van der Waals surface area contributed by atoms with Gasteiger partial charge < -0.3 is 24.8 Å². The Morgan fingerprint density at radius 3 is 2.71 bits per heavy atom. The molecule has 3 atom stereocenters. The minimum absolute atomic E-state index is 0.0765. The van der Waals surface area contributed by atoms with Gasteiger partial charge in [0.15, 0.2) is 0 Å². The number of rotatable bonds is 5. The Labute approximate surface area is 214 Å². The van der Waals surface area contributed by atoms with Crippen LogP contribution in [0.4, 0.5) is 23.4 Å². The highest BCUT2D eigenvalue weighted by Crippen LogP contribution is 2.39. The van der Waals surface area contributed by atoms with Crippen molar-refractivity contribution in [1.29, 1.82) is 0 Å². The molecule has 9 nitrogen and oxygen atoms in total. The van der Waals surface area contributed by atoms with E-state index in [0.29, 0.717) is 16.6 Å². The highest BCUT2D eigenvalue weighted by atomic mass is 19.4. The minimum atomic E-state index is -4.35. The molecule has 1 fully saturated rings. The topological polar surface area (TPSA) is 113 Å². The molecule has 2 N–H and O–H groups in total. The van der Waals surface area contributed by atoms with Gasteiger partial charge in [0, 0.05) is 23.1 Å². The second kappa shape index (κ2) is 9.95. The summed E-state index contributed by atoms with van der Waals surface area (Å²) in [6.07, 6.45) is -5.75. The van der Waals surface area contributed by atoms with E-state index in [9.17, 15) is 18.0 Å². The van der Waals surface area contributed by atoms with Crippen LogP contribution in [-0.2, 0) is 16.1 Å². The van der Waals surface area contributed by atoms with E-state index in [4.69, 9.17) is 19.9 Å². The van der Waals surface area contributed by atoms with Crippen LogP contribution in [-0.4, -0.2) is 58.0 Å². The van der Waals surface area contributed by atoms with Crippen molar-refractivity contribution in [2.45, 2.75) is 51.2 Å². The molecule has 1 saturated heterocycles. The Balaban J connectivity index is 1.44. The normalized spacial score (nSPS) is 21.5. The van der Waals surface area contributed by atoms with Crippen LogP contribution >= 0.6 is 0 Å². The fourth-order valence-corrected chi connectivity index (χ4v) is 4.83. The van der Waals surface area contributed by atoms with Crippen LogP contribution < -0.4 is 10.5 Å². The Hall–Kier alpha value is -3.58. The number of carbonyl (C=O) groups is 1. The van der Waals surface area contributed by atoms with Crippen LogP contribution in [0.2, 0.25) is 0 Å². The van der Waals surface area contributed by atoms with Crippen LogP contribution in [0.5, 0.6) is 5.88 Å². The molecule has 1 aromatic carbocycles. The van der Waals surface area contributed by atoms with Gasteiger partial charge in [-0.25, -0.2) is 9.37 Å². The SMILES string of the molecule is C[C@@H]1COC[C@H](c2ccc(OCCC(F)(F)F)nn2)N1C(=O)c1cc2c3c(c(N)nc2cc1F)[C@@H](C)OC3. The summed E-state index contributed by atoms with van der Waals surface area (Å²) in [5.74, 6) is -1.14. The number of hydrogen-bond acceptors (Lipinski definition) is 8. The third kappa shape index (κ3) is 4.95. The van der Waals surface area contributed by atoms with E-state index in [0.717, 1.165) is 11.1 Å². The van der Waals surface area contributed by atoms with Crippen molar-refractivity contribution in [2.24, 2.45) is 0 Å². The molecular formula is C25H25F4N5O4. The van der Waals surface area contributed by atoms with Gasteiger partial charge in [0.25, 0.3) is 5.91 Å². The van der Waals surface area contributed by atoms with Crippen LogP contribution in [0.15, 0.2) is 24.3 Å². The second-order valence-corrected chi connectivity index (χ2v) is 9.32. The summed E-state index contributed by atoms with van der Waals surface area (Å²) in [7, 11) is 0. The van der Waals surface area contributed by atoms with Gasteiger partial charge in [-0.3, -0.25) is 4.79 Å². The largest absolute Gasteiger partial charge is 0.476 e. The zero-order chi connectivity index (χ0) is 27.2. The first-order chi connectivity index (χ1) is 18.0. The van der Waals surface area contributed by atoms with E-state index in [2.05, 4.69) is 15.2 Å². The lowest BCUT2D eigenvalue weighted by atomic mass is 9.98. The van der Waals surface area contributed by atoms with Gasteiger partial charge in [0.1, 0.15) is 11.6 Å². The molecule has 202 valence electrons. The number of carbonyl (C=O) groups excluding carboxylic acids is 1. The van der Waals surface area contributed by atoms with Crippen molar-refractivity contribution in [3.8, 4) is 5.88 Å². The highest BCUT2D eigenvalue weighted by Gasteiger charge is 2.37. The predicted octanol–water partition coefficient (Wildman–Crippen LogP) is 4.27. The maximum Gasteiger partial charge on any atom is 0.392 e. The summed E-state index contributed by atoms with van der Waals surface area (Å²) in [5, 5.41) is 8.47. The van der Waals surface area contributed by atoms with Gasteiger partial charge in [-0.2, -0.15) is 13.2 Å². The van der Waals surface area contributed by atoms with Crippen molar-refractivity contribution in [3.63, 3.8) is 0 Å². The van der Waals surface area contributed by atoms with E-state index in [-0.39, 0.29) is 43.2 Å². The third-order valence-electron chi connectivity index (χ3n) is 6.68. The number of nitrogens with two attached hydrogens (primary N) is 1. The lowest BCUT2D eigenvalue weighted by Gasteiger charge is -2.40. The summed E-state index contributed by atoms with van der Waals surface area (Å²) in [6.45, 7) is 3.58. The van der Waals surface area contributed by atoms with Gasteiger partial charge in [0.05, 0.1) is 67.8 Å². The Morgan fingerprint density at radius 2 is 2.00 bits per heavy atom. The summed E-state index contributed by atoms with van der Waals surface area (Å²) in [6, 6.07) is 4.39. The monoisotopic (exact) mass is 535 g/mol. The number of pyridine rings is 1. The molecule has 0 aliphatic carbocycles. The molecule has 2 aromatic heterocycles. The zero-order valence-electron chi connectivity index (χ0n) is 20.6. The lowest BCUT2D eigenvalue weighted by Crippen LogP contribution is -2.49. The predicted molar refractivity (Wildman–Crippen MR) is 127 cm³/mol. The highest BCUT2D eigenvalue weighted by molar-refractivity contribution is 6.00. The number of ether oxygens (including phenoxy) is 3. The number of benzene rings is 1. The van der Waals surface area contributed by atoms with E-state index >= 15 is 4.39 Å². The first kappa shape index (κ1) is 26.0. The maximum absolute atomic E-state index is 15.3.